The average Bonchev–Trinajstić information content (AvgIpc) is 2.47. The van der Waals surface area contributed by atoms with E-state index in [1.54, 1.807) is 12.3 Å². The highest BCUT2D eigenvalue weighted by Gasteiger charge is 2.41. The molecule has 2 aliphatic rings. The molecule has 3 heterocycles. The second-order valence-electron chi connectivity index (χ2n) is 5.81. The summed E-state index contributed by atoms with van der Waals surface area (Å²) in [6, 6.07) is 5.45. The molecule has 0 saturated carbocycles. The summed E-state index contributed by atoms with van der Waals surface area (Å²) >= 11 is 0. The quantitative estimate of drug-likeness (QED) is 0.767. The van der Waals surface area contributed by atoms with Crippen molar-refractivity contribution in [2.45, 2.75) is 18.4 Å². The first-order valence-electron chi connectivity index (χ1n) is 7.21. The Balaban J connectivity index is 1.73. The van der Waals surface area contributed by atoms with E-state index in [1.807, 2.05) is 17.0 Å². The van der Waals surface area contributed by atoms with Gasteiger partial charge in [-0.15, -0.1) is 0 Å². The predicted molar refractivity (Wildman–Crippen MR) is 75.6 cm³/mol. The smallest absolute Gasteiger partial charge is 0.272 e. The summed E-state index contributed by atoms with van der Waals surface area (Å²) < 4.78 is 6.04. The minimum absolute atomic E-state index is 0.0153. The number of amides is 1. The number of ether oxygens (including phenoxy) is 1. The summed E-state index contributed by atoms with van der Waals surface area (Å²) in [7, 11) is 2.11. The zero-order valence-electron chi connectivity index (χ0n) is 11.9. The van der Waals surface area contributed by atoms with Crippen molar-refractivity contribution in [2.24, 2.45) is 0 Å². The van der Waals surface area contributed by atoms with E-state index in [2.05, 4.69) is 16.9 Å². The molecule has 0 N–H and O–H groups in total. The number of carbonyl (C=O) groups is 1. The van der Waals surface area contributed by atoms with Crippen LogP contribution in [-0.2, 0) is 4.74 Å². The molecule has 108 valence electrons. The molecule has 20 heavy (non-hydrogen) atoms. The number of piperidine rings is 1. The average molecular weight is 275 g/mol. The molecule has 2 aliphatic heterocycles. The molecule has 1 aromatic rings. The van der Waals surface area contributed by atoms with Crippen LogP contribution in [0.5, 0.6) is 0 Å². The number of hydrogen-bond acceptors (Lipinski definition) is 4. The molecule has 1 atom stereocenters. The number of aromatic nitrogens is 1. The highest BCUT2D eigenvalue weighted by Crippen LogP contribution is 2.28. The van der Waals surface area contributed by atoms with E-state index < -0.39 is 0 Å². The highest BCUT2D eigenvalue weighted by molar-refractivity contribution is 5.92. The summed E-state index contributed by atoms with van der Waals surface area (Å²) in [6.45, 7) is 3.96. The molecule has 3 rings (SSSR count). The van der Waals surface area contributed by atoms with Crippen LogP contribution in [0.4, 0.5) is 0 Å². The zero-order valence-corrected chi connectivity index (χ0v) is 11.9. The van der Waals surface area contributed by atoms with Crippen LogP contribution in [-0.4, -0.2) is 66.1 Å². The Morgan fingerprint density at radius 2 is 2.25 bits per heavy atom. The Labute approximate surface area is 119 Å². The molecule has 0 radical (unpaired) electrons. The lowest BCUT2D eigenvalue weighted by molar-refractivity contribution is -0.128. The van der Waals surface area contributed by atoms with E-state index >= 15 is 0 Å². The molecular weight excluding hydrogens is 254 g/mol. The third-order valence-electron chi connectivity index (χ3n) is 4.15. The van der Waals surface area contributed by atoms with Gasteiger partial charge in [0.2, 0.25) is 0 Å². The van der Waals surface area contributed by atoms with Crippen molar-refractivity contribution < 1.29 is 9.53 Å². The minimum atomic E-state index is -0.185. The molecule has 1 amide bonds. The van der Waals surface area contributed by atoms with Crippen LogP contribution in [0.2, 0.25) is 0 Å². The van der Waals surface area contributed by atoms with Gasteiger partial charge >= 0.3 is 0 Å². The van der Waals surface area contributed by atoms with E-state index in [0.717, 1.165) is 25.9 Å². The number of morpholine rings is 1. The maximum Gasteiger partial charge on any atom is 0.272 e. The largest absolute Gasteiger partial charge is 0.370 e. The molecule has 2 saturated heterocycles. The monoisotopic (exact) mass is 275 g/mol. The first kappa shape index (κ1) is 13.5. The first-order valence-corrected chi connectivity index (χ1v) is 7.21. The number of likely N-dealkylation sites (tertiary alicyclic amines) is 1. The third-order valence-corrected chi connectivity index (χ3v) is 4.15. The lowest BCUT2D eigenvalue weighted by atomic mass is 9.91. The fraction of sp³-hybridized carbons (Fsp3) is 0.600. The van der Waals surface area contributed by atoms with Gasteiger partial charge in [-0.3, -0.25) is 9.78 Å². The Bertz CT molecular complexity index is 475. The van der Waals surface area contributed by atoms with Crippen LogP contribution in [0.15, 0.2) is 24.4 Å². The van der Waals surface area contributed by atoms with Gasteiger partial charge in [-0.05, 0) is 38.6 Å². The lowest BCUT2D eigenvalue weighted by Crippen LogP contribution is -2.60. The number of pyridine rings is 1. The normalized spacial score (nSPS) is 27.8. The fourth-order valence-corrected chi connectivity index (χ4v) is 3.24. The highest BCUT2D eigenvalue weighted by atomic mass is 16.5. The van der Waals surface area contributed by atoms with E-state index in [9.17, 15) is 4.79 Å². The number of carbonyl (C=O) groups excluding carboxylic acids is 1. The van der Waals surface area contributed by atoms with Gasteiger partial charge in [-0.1, -0.05) is 6.07 Å². The fourth-order valence-electron chi connectivity index (χ4n) is 3.24. The van der Waals surface area contributed by atoms with Gasteiger partial charge in [0.1, 0.15) is 5.69 Å². The van der Waals surface area contributed by atoms with Gasteiger partial charge in [-0.25, -0.2) is 0 Å². The number of likely N-dealkylation sites (N-methyl/N-ethyl adjacent to an activating group) is 1. The Kier molecular flexibility index (Phi) is 3.72. The SMILES string of the molecule is CN1CCCC2(C1)CN(C(=O)c1ccccn1)CCO2. The topological polar surface area (TPSA) is 45.7 Å². The summed E-state index contributed by atoms with van der Waals surface area (Å²) in [5.74, 6) is 0.0153. The van der Waals surface area contributed by atoms with E-state index in [1.165, 1.54) is 0 Å². The standard InChI is InChI=1S/C15H21N3O2/c1-17-8-4-6-15(11-17)12-18(9-10-20-15)14(19)13-5-2-3-7-16-13/h2-3,5,7H,4,6,8-12H2,1H3. The molecule has 1 unspecified atom stereocenters. The van der Waals surface area contributed by atoms with E-state index in [0.29, 0.717) is 25.4 Å². The Morgan fingerprint density at radius 3 is 3.00 bits per heavy atom. The van der Waals surface area contributed by atoms with Gasteiger partial charge in [0.25, 0.3) is 5.91 Å². The minimum Gasteiger partial charge on any atom is -0.370 e. The van der Waals surface area contributed by atoms with Gasteiger partial charge in [0, 0.05) is 19.3 Å². The van der Waals surface area contributed by atoms with Gasteiger partial charge in [0.15, 0.2) is 0 Å². The first-order chi connectivity index (χ1) is 9.69. The Hall–Kier alpha value is -1.46. The van der Waals surface area contributed by atoms with Crippen LogP contribution in [0.1, 0.15) is 23.3 Å². The molecule has 1 aromatic heterocycles. The second-order valence-corrected chi connectivity index (χ2v) is 5.81. The lowest BCUT2D eigenvalue weighted by Gasteiger charge is -2.47. The van der Waals surface area contributed by atoms with Crippen molar-refractivity contribution in [2.75, 3.05) is 39.8 Å². The van der Waals surface area contributed by atoms with Crippen molar-refractivity contribution in [3.05, 3.63) is 30.1 Å². The third kappa shape index (κ3) is 2.69. The van der Waals surface area contributed by atoms with Crippen LogP contribution < -0.4 is 0 Å². The number of hydrogen-bond donors (Lipinski definition) is 0. The molecule has 0 bridgehead atoms. The van der Waals surface area contributed by atoms with Crippen molar-refractivity contribution >= 4 is 5.91 Å². The molecule has 5 heteroatoms. The molecule has 2 fully saturated rings. The summed E-state index contributed by atoms with van der Waals surface area (Å²) in [4.78, 5) is 20.8. The van der Waals surface area contributed by atoms with Crippen molar-refractivity contribution in [3.8, 4) is 0 Å². The number of rotatable bonds is 1. The second kappa shape index (κ2) is 5.50. The molecule has 0 aliphatic carbocycles. The van der Waals surface area contributed by atoms with Crippen molar-refractivity contribution in [3.63, 3.8) is 0 Å². The molecular formula is C15H21N3O2. The Morgan fingerprint density at radius 1 is 1.35 bits per heavy atom. The van der Waals surface area contributed by atoms with Gasteiger partial charge in [-0.2, -0.15) is 0 Å². The van der Waals surface area contributed by atoms with E-state index in [-0.39, 0.29) is 11.5 Å². The van der Waals surface area contributed by atoms with Crippen LogP contribution >= 0.6 is 0 Å². The molecule has 5 nitrogen and oxygen atoms in total. The van der Waals surface area contributed by atoms with Crippen molar-refractivity contribution in [1.82, 2.24) is 14.8 Å². The zero-order chi connectivity index (χ0) is 14.0. The van der Waals surface area contributed by atoms with Crippen LogP contribution in [0.25, 0.3) is 0 Å². The maximum atomic E-state index is 12.5. The van der Waals surface area contributed by atoms with Gasteiger partial charge in [0.05, 0.1) is 18.8 Å². The van der Waals surface area contributed by atoms with Crippen LogP contribution in [0.3, 0.4) is 0 Å². The molecule has 1 spiro atoms. The summed E-state index contributed by atoms with van der Waals surface area (Å²) in [5.41, 5.74) is 0.337. The van der Waals surface area contributed by atoms with Gasteiger partial charge < -0.3 is 14.5 Å². The van der Waals surface area contributed by atoms with E-state index in [4.69, 9.17) is 4.74 Å². The predicted octanol–water partition coefficient (Wildman–Crippen LogP) is 1.02. The molecule has 0 aromatic carbocycles. The maximum absolute atomic E-state index is 12.5. The van der Waals surface area contributed by atoms with Crippen LogP contribution in [0, 0.1) is 0 Å². The summed E-state index contributed by atoms with van der Waals surface area (Å²) in [6.07, 6.45) is 3.82. The summed E-state index contributed by atoms with van der Waals surface area (Å²) in [5, 5.41) is 0. The number of nitrogens with zero attached hydrogens (tertiary/aromatic N) is 3. The van der Waals surface area contributed by atoms with Crippen molar-refractivity contribution in [1.29, 1.82) is 0 Å².